The highest BCUT2D eigenvalue weighted by molar-refractivity contribution is 5.83. The van der Waals surface area contributed by atoms with E-state index in [4.69, 9.17) is 10.5 Å². The minimum atomic E-state index is -0.672. The molecular weight excluding hydrogens is 220 g/mol. The van der Waals surface area contributed by atoms with Gasteiger partial charge in [-0.15, -0.1) is 0 Å². The van der Waals surface area contributed by atoms with Crippen molar-refractivity contribution in [3.05, 3.63) is 23.0 Å². The Labute approximate surface area is 100 Å². The molecule has 0 unspecified atom stereocenters. The van der Waals surface area contributed by atoms with Crippen LogP contribution in [0.25, 0.3) is 0 Å². The molecule has 0 saturated heterocycles. The van der Waals surface area contributed by atoms with Crippen LogP contribution in [0.2, 0.25) is 0 Å². The van der Waals surface area contributed by atoms with E-state index in [0.29, 0.717) is 6.61 Å². The molecule has 1 heterocycles. The van der Waals surface area contributed by atoms with Gasteiger partial charge in [-0.25, -0.2) is 10.2 Å². The van der Waals surface area contributed by atoms with Gasteiger partial charge in [-0.3, -0.25) is 0 Å². The van der Waals surface area contributed by atoms with Crippen LogP contribution >= 0.6 is 0 Å². The summed E-state index contributed by atoms with van der Waals surface area (Å²) in [7, 11) is 1.67. The minimum Gasteiger partial charge on any atom is -0.383 e. The number of hydrazone groups is 1. The number of nitrogens with two attached hydrogens (primary N) is 1. The maximum Gasteiger partial charge on any atom is 0.332 e. The van der Waals surface area contributed by atoms with Crippen molar-refractivity contribution in [2.75, 3.05) is 13.7 Å². The van der Waals surface area contributed by atoms with Gasteiger partial charge in [0.15, 0.2) is 0 Å². The normalized spacial score (nSPS) is 11.0. The van der Waals surface area contributed by atoms with Crippen molar-refractivity contribution < 1.29 is 9.53 Å². The molecule has 0 aliphatic rings. The number of aryl methyl sites for hydroxylation is 1. The number of primary amides is 1. The number of rotatable bonds is 5. The summed E-state index contributed by atoms with van der Waals surface area (Å²) in [6, 6.07) is 1.33. The van der Waals surface area contributed by atoms with E-state index < -0.39 is 6.03 Å². The molecule has 0 aromatic carbocycles. The molecule has 2 amide bonds. The smallest absolute Gasteiger partial charge is 0.332 e. The largest absolute Gasteiger partial charge is 0.383 e. The first-order valence-electron chi connectivity index (χ1n) is 5.30. The van der Waals surface area contributed by atoms with Crippen LogP contribution in [0, 0.1) is 13.8 Å². The Hall–Kier alpha value is -1.82. The maximum atomic E-state index is 10.5. The first kappa shape index (κ1) is 13.2. The first-order valence-corrected chi connectivity index (χ1v) is 5.30. The quantitative estimate of drug-likeness (QED) is 0.586. The predicted octanol–water partition coefficient (Wildman–Crippen LogP) is 0.754. The Bertz CT molecular complexity index is 423. The topological polar surface area (TPSA) is 81.6 Å². The average molecular weight is 238 g/mol. The van der Waals surface area contributed by atoms with Gasteiger partial charge >= 0.3 is 6.03 Å². The highest BCUT2D eigenvalue weighted by Crippen LogP contribution is 2.12. The zero-order valence-electron chi connectivity index (χ0n) is 10.4. The summed E-state index contributed by atoms with van der Waals surface area (Å²) in [4.78, 5) is 10.5. The van der Waals surface area contributed by atoms with E-state index in [1.807, 2.05) is 19.9 Å². The lowest BCUT2D eigenvalue weighted by Gasteiger charge is -2.08. The van der Waals surface area contributed by atoms with E-state index in [2.05, 4.69) is 15.1 Å². The Morgan fingerprint density at radius 3 is 2.94 bits per heavy atom. The summed E-state index contributed by atoms with van der Waals surface area (Å²) in [5.74, 6) is 0. The van der Waals surface area contributed by atoms with Crippen molar-refractivity contribution in [2.24, 2.45) is 10.8 Å². The molecule has 0 radical (unpaired) electrons. The van der Waals surface area contributed by atoms with Crippen molar-refractivity contribution in [1.29, 1.82) is 0 Å². The lowest BCUT2D eigenvalue weighted by atomic mass is 10.3. The molecule has 0 aliphatic carbocycles. The number of urea groups is 1. The van der Waals surface area contributed by atoms with Gasteiger partial charge in [0.2, 0.25) is 0 Å². The van der Waals surface area contributed by atoms with E-state index >= 15 is 0 Å². The van der Waals surface area contributed by atoms with Crippen molar-refractivity contribution in [3.8, 4) is 0 Å². The lowest BCUT2D eigenvalue weighted by Crippen LogP contribution is -2.24. The van der Waals surface area contributed by atoms with Gasteiger partial charge < -0.3 is 15.0 Å². The number of carbonyl (C=O) groups is 1. The summed E-state index contributed by atoms with van der Waals surface area (Å²) < 4.78 is 7.18. The molecule has 6 heteroatoms. The Kier molecular flexibility index (Phi) is 4.71. The highest BCUT2D eigenvalue weighted by Gasteiger charge is 2.06. The molecule has 3 N–H and O–H groups in total. The summed E-state index contributed by atoms with van der Waals surface area (Å²) in [6.45, 7) is 5.47. The fourth-order valence-corrected chi connectivity index (χ4v) is 1.65. The molecule has 94 valence electrons. The maximum absolute atomic E-state index is 10.5. The number of nitrogens with zero attached hydrogens (tertiary/aromatic N) is 2. The molecule has 17 heavy (non-hydrogen) atoms. The fourth-order valence-electron chi connectivity index (χ4n) is 1.65. The van der Waals surface area contributed by atoms with Crippen LogP contribution in [0.5, 0.6) is 0 Å². The zero-order chi connectivity index (χ0) is 12.8. The first-order chi connectivity index (χ1) is 8.06. The van der Waals surface area contributed by atoms with E-state index in [1.54, 1.807) is 13.3 Å². The third kappa shape index (κ3) is 3.60. The Morgan fingerprint density at radius 1 is 1.65 bits per heavy atom. The monoisotopic (exact) mass is 238 g/mol. The second-order valence-corrected chi connectivity index (χ2v) is 3.71. The SMILES string of the molecule is COCCn1c(C)cc(/C=N\NC(N)=O)c1C. The van der Waals surface area contributed by atoms with Crippen molar-refractivity contribution in [2.45, 2.75) is 20.4 Å². The van der Waals surface area contributed by atoms with Crippen LogP contribution in [0.4, 0.5) is 4.79 Å². The van der Waals surface area contributed by atoms with E-state index in [0.717, 1.165) is 23.5 Å². The van der Waals surface area contributed by atoms with Crippen LogP contribution < -0.4 is 11.2 Å². The predicted molar refractivity (Wildman–Crippen MR) is 66.1 cm³/mol. The van der Waals surface area contributed by atoms with Crippen LogP contribution in [0.1, 0.15) is 17.0 Å². The number of hydrogen-bond donors (Lipinski definition) is 2. The van der Waals surface area contributed by atoms with Gasteiger partial charge in [-0.05, 0) is 19.9 Å². The Balaban J connectivity index is 2.80. The summed E-state index contributed by atoms with van der Waals surface area (Å²) in [5.41, 5.74) is 10.2. The summed E-state index contributed by atoms with van der Waals surface area (Å²) in [6.07, 6.45) is 1.58. The molecule has 0 fully saturated rings. The van der Waals surface area contributed by atoms with E-state index in [9.17, 15) is 4.79 Å². The van der Waals surface area contributed by atoms with Crippen LogP contribution in [-0.2, 0) is 11.3 Å². The second kappa shape index (κ2) is 6.05. The van der Waals surface area contributed by atoms with Gasteiger partial charge in [-0.2, -0.15) is 5.10 Å². The number of methoxy groups -OCH3 is 1. The third-order valence-electron chi connectivity index (χ3n) is 2.51. The van der Waals surface area contributed by atoms with Gasteiger partial charge in [0.25, 0.3) is 0 Å². The number of carbonyl (C=O) groups excluding carboxylic acids is 1. The summed E-state index contributed by atoms with van der Waals surface area (Å²) >= 11 is 0. The minimum absolute atomic E-state index is 0.659. The van der Waals surface area contributed by atoms with Crippen LogP contribution in [-0.4, -0.2) is 30.5 Å². The van der Waals surface area contributed by atoms with E-state index in [-0.39, 0.29) is 0 Å². The standard InChI is InChI=1S/C11H18N4O2/c1-8-6-10(7-13-14-11(12)16)9(2)15(8)4-5-17-3/h6-7H,4-5H2,1-3H3,(H3,12,14,16)/b13-7-. The fraction of sp³-hybridized carbons (Fsp3) is 0.455. The lowest BCUT2D eigenvalue weighted by molar-refractivity contribution is 0.186. The number of ether oxygens (including phenoxy) is 1. The van der Waals surface area contributed by atoms with E-state index in [1.165, 1.54) is 0 Å². The molecule has 0 bridgehead atoms. The molecule has 1 aromatic heterocycles. The van der Waals surface area contributed by atoms with Crippen molar-refractivity contribution in [3.63, 3.8) is 0 Å². The van der Waals surface area contributed by atoms with Crippen LogP contribution in [0.3, 0.4) is 0 Å². The second-order valence-electron chi connectivity index (χ2n) is 3.71. The number of nitrogens with one attached hydrogen (secondary N) is 1. The van der Waals surface area contributed by atoms with Gasteiger partial charge in [0, 0.05) is 30.6 Å². The molecular formula is C11H18N4O2. The van der Waals surface area contributed by atoms with Crippen molar-refractivity contribution in [1.82, 2.24) is 9.99 Å². The third-order valence-corrected chi connectivity index (χ3v) is 2.51. The summed E-state index contributed by atoms with van der Waals surface area (Å²) in [5, 5.41) is 3.74. The van der Waals surface area contributed by atoms with Gasteiger partial charge in [0.05, 0.1) is 12.8 Å². The molecule has 1 aromatic rings. The highest BCUT2D eigenvalue weighted by atomic mass is 16.5. The van der Waals surface area contributed by atoms with Crippen molar-refractivity contribution >= 4 is 12.2 Å². The number of hydrogen-bond acceptors (Lipinski definition) is 3. The molecule has 0 atom stereocenters. The molecule has 1 rings (SSSR count). The number of aromatic nitrogens is 1. The Morgan fingerprint density at radius 2 is 2.35 bits per heavy atom. The molecule has 0 spiro atoms. The van der Waals surface area contributed by atoms with Gasteiger partial charge in [0.1, 0.15) is 0 Å². The van der Waals surface area contributed by atoms with Gasteiger partial charge in [-0.1, -0.05) is 0 Å². The molecule has 0 saturated carbocycles. The number of amides is 2. The molecule has 6 nitrogen and oxygen atoms in total. The average Bonchev–Trinajstić information content (AvgIpc) is 2.52. The zero-order valence-corrected chi connectivity index (χ0v) is 10.4. The van der Waals surface area contributed by atoms with Crippen LogP contribution in [0.15, 0.2) is 11.2 Å². The molecule has 0 aliphatic heterocycles.